The van der Waals surface area contributed by atoms with Gasteiger partial charge in [0.15, 0.2) is 16.5 Å². The van der Waals surface area contributed by atoms with Gasteiger partial charge in [-0.05, 0) is 51.3 Å². The molecule has 3 aliphatic heterocycles. The molecule has 1 aromatic heterocycles. The second kappa shape index (κ2) is 11.2. The van der Waals surface area contributed by atoms with Gasteiger partial charge in [-0.15, -0.1) is 11.3 Å². The van der Waals surface area contributed by atoms with E-state index in [1.54, 1.807) is 42.5 Å². The lowest BCUT2D eigenvalue weighted by Crippen LogP contribution is -2.48. The summed E-state index contributed by atoms with van der Waals surface area (Å²) in [6.45, 7) is 6.22. The van der Waals surface area contributed by atoms with Crippen LogP contribution in [0.15, 0.2) is 46.0 Å². The molecule has 3 aliphatic rings. The number of thiazole rings is 1. The minimum atomic E-state index is -1.88. The zero-order valence-electron chi connectivity index (χ0n) is 23.8. The van der Waals surface area contributed by atoms with Crippen LogP contribution in [0.2, 0.25) is 0 Å². The molecule has 0 bridgehead atoms. The Kier molecular flexibility index (Phi) is 7.92. The van der Waals surface area contributed by atoms with Crippen LogP contribution in [0.5, 0.6) is 0 Å². The molecule has 4 heterocycles. The summed E-state index contributed by atoms with van der Waals surface area (Å²) in [6, 6.07) is 2.47. The van der Waals surface area contributed by atoms with Gasteiger partial charge in [0.1, 0.15) is 17.9 Å². The summed E-state index contributed by atoms with van der Waals surface area (Å²) in [5.74, 6) is -2.34. The molecule has 2 N–H and O–H groups in total. The molecular formula is C29H33F2N5O5S. The van der Waals surface area contributed by atoms with Gasteiger partial charge in [0.25, 0.3) is 0 Å². The third-order valence-corrected chi connectivity index (χ3v) is 8.84. The third kappa shape index (κ3) is 5.31. The van der Waals surface area contributed by atoms with Gasteiger partial charge in [-0.2, -0.15) is 0 Å². The summed E-state index contributed by atoms with van der Waals surface area (Å²) >= 11 is 1.32. The molecule has 5 rings (SSSR count). The second-order valence-electron chi connectivity index (χ2n) is 11.5. The number of aromatic nitrogens is 1. The molecule has 2 saturated heterocycles. The Bertz CT molecular complexity index is 1480. The number of carboxylic acid groups (broad SMARTS) is 1. The van der Waals surface area contributed by atoms with Crippen LogP contribution in [-0.4, -0.2) is 88.1 Å². The van der Waals surface area contributed by atoms with Crippen LogP contribution in [-0.2, 0) is 19.1 Å². The first kappa shape index (κ1) is 29.8. The minimum Gasteiger partial charge on any atom is -0.481 e. The number of amidine groups is 1. The number of halogens is 2. The summed E-state index contributed by atoms with van der Waals surface area (Å²) in [5.41, 5.74) is -1.86. The van der Waals surface area contributed by atoms with Crippen LogP contribution in [0.4, 0.5) is 8.78 Å². The number of ether oxygens (including phenoxy) is 1. The van der Waals surface area contributed by atoms with Crippen molar-refractivity contribution in [1.29, 1.82) is 0 Å². The zero-order valence-corrected chi connectivity index (χ0v) is 24.6. The van der Waals surface area contributed by atoms with Gasteiger partial charge >= 0.3 is 11.9 Å². The third-order valence-electron chi connectivity index (χ3n) is 8.06. The predicted octanol–water partition coefficient (Wildman–Crippen LogP) is 3.23. The SMILES string of the molecule is CCOC(=O)C1=C(CN2CC[C@]3(F)CN(CC(C)(C)C(=O)O)C(=O)[C@H]23)NC(c2nccs2)=N[C@H]1c1cccc(F)c1C. The lowest BCUT2D eigenvalue weighted by Gasteiger charge is -2.32. The van der Waals surface area contributed by atoms with Crippen LogP contribution in [0, 0.1) is 18.2 Å². The summed E-state index contributed by atoms with van der Waals surface area (Å²) in [7, 11) is 0. The molecule has 224 valence electrons. The Hall–Kier alpha value is -3.71. The fourth-order valence-corrected chi connectivity index (χ4v) is 6.44. The van der Waals surface area contributed by atoms with E-state index in [2.05, 4.69) is 10.3 Å². The van der Waals surface area contributed by atoms with Crippen LogP contribution < -0.4 is 5.32 Å². The number of hydrogen-bond donors (Lipinski definition) is 2. The van der Waals surface area contributed by atoms with Crippen molar-refractivity contribution in [2.75, 3.05) is 32.8 Å². The second-order valence-corrected chi connectivity index (χ2v) is 12.3. The lowest BCUT2D eigenvalue weighted by atomic mass is 9.92. The summed E-state index contributed by atoms with van der Waals surface area (Å²) in [4.78, 5) is 50.8. The summed E-state index contributed by atoms with van der Waals surface area (Å²) < 4.78 is 36.4. The number of amides is 1. The predicted molar refractivity (Wildman–Crippen MR) is 151 cm³/mol. The molecule has 0 aliphatic carbocycles. The van der Waals surface area contributed by atoms with Crippen LogP contribution in [0.1, 0.15) is 49.4 Å². The Morgan fingerprint density at radius 2 is 2.10 bits per heavy atom. The molecule has 0 unspecified atom stereocenters. The highest BCUT2D eigenvalue weighted by molar-refractivity contribution is 7.11. The van der Waals surface area contributed by atoms with Crippen molar-refractivity contribution in [2.45, 2.75) is 51.9 Å². The van der Waals surface area contributed by atoms with Gasteiger partial charge in [0.05, 0.1) is 24.1 Å². The number of esters is 1. The molecule has 13 heteroatoms. The Labute approximate surface area is 246 Å². The first-order valence-electron chi connectivity index (χ1n) is 13.7. The molecule has 0 spiro atoms. The maximum Gasteiger partial charge on any atom is 0.338 e. The van der Waals surface area contributed by atoms with Gasteiger partial charge < -0.3 is 20.1 Å². The topological polar surface area (TPSA) is 124 Å². The lowest BCUT2D eigenvalue weighted by molar-refractivity contribution is -0.149. The number of nitrogens with one attached hydrogen (secondary N) is 1. The van der Waals surface area contributed by atoms with Crippen molar-refractivity contribution in [2.24, 2.45) is 10.4 Å². The maximum absolute atomic E-state index is 16.2. The molecule has 1 amide bonds. The van der Waals surface area contributed by atoms with Crippen molar-refractivity contribution >= 4 is 35.0 Å². The van der Waals surface area contributed by atoms with Crippen molar-refractivity contribution in [3.63, 3.8) is 0 Å². The van der Waals surface area contributed by atoms with E-state index < -0.39 is 46.8 Å². The minimum absolute atomic E-state index is 0.0261. The number of carbonyl (C=O) groups is 3. The fraction of sp³-hybridized carbons (Fsp3) is 0.483. The molecular weight excluding hydrogens is 568 g/mol. The van der Waals surface area contributed by atoms with Crippen LogP contribution >= 0.6 is 11.3 Å². The van der Waals surface area contributed by atoms with Gasteiger partial charge in [0, 0.05) is 36.9 Å². The Balaban J connectivity index is 1.55. The number of benzene rings is 1. The maximum atomic E-state index is 16.2. The quantitative estimate of drug-likeness (QED) is 0.420. The van der Waals surface area contributed by atoms with Gasteiger partial charge in [-0.1, -0.05) is 12.1 Å². The molecule has 3 atom stereocenters. The first-order chi connectivity index (χ1) is 19.9. The standard InChI is InChI=1S/C29H33F2N5O5S/c1-5-41-26(38)20-19(13-35-11-9-29(31)15-36(25(37)22(29)35)14-28(3,4)27(39)40)33-23(24-32-10-12-42-24)34-21(20)17-7-6-8-18(30)16(17)2/h6-8,10,12,21-22H,5,9,11,13-15H2,1-4H3,(H,33,34)(H,39,40)/t21-,22-,29-/m0/s1. The number of nitrogens with zero attached hydrogens (tertiary/aromatic N) is 4. The molecule has 2 fully saturated rings. The fourth-order valence-electron chi connectivity index (χ4n) is 5.85. The smallest absolute Gasteiger partial charge is 0.338 e. The average molecular weight is 602 g/mol. The van der Waals surface area contributed by atoms with E-state index >= 15 is 4.39 Å². The van der Waals surface area contributed by atoms with Crippen molar-refractivity contribution in [3.8, 4) is 0 Å². The highest BCUT2D eigenvalue weighted by Gasteiger charge is 2.60. The zero-order chi connectivity index (χ0) is 30.4. The van der Waals surface area contributed by atoms with Gasteiger partial charge in [-0.25, -0.2) is 18.6 Å². The average Bonchev–Trinajstić information content (AvgIpc) is 3.63. The molecule has 0 saturated carbocycles. The van der Waals surface area contributed by atoms with E-state index in [0.717, 1.165) is 0 Å². The molecule has 10 nitrogen and oxygen atoms in total. The Morgan fingerprint density at radius 3 is 2.76 bits per heavy atom. The van der Waals surface area contributed by atoms with E-state index in [4.69, 9.17) is 9.73 Å². The number of alkyl halides is 1. The number of carboxylic acids is 1. The number of aliphatic carboxylic acids is 1. The van der Waals surface area contributed by atoms with Crippen molar-refractivity contribution < 1.29 is 33.0 Å². The highest BCUT2D eigenvalue weighted by Crippen LogP contribution is 2.42. The molecule has 0 radical (unpaired) electrons. The van der Waals surface area contributed by atoms with E-state index in [1.807, 2.05) is 0 Å². The largest absolute Gasteiger partial charge is 0.481 e. The van der Waals surface area contributed by atoms with Crippen LogP contribution in [0.3, 0.4) is 0 Å². The van der Waals surface area contributed by atoms with E-state index in [9.17, 15) is 23.9 Å². The molecule has 2 aromatic rings. The highest BCUT2D eigenvalue weighted by atomic mass is 32.1. The Morgan fingerprint density at radius 1 is 1.33 bits per heavy atom. The van der Waals surface area contributed by atoms with Crippen molar-refractivity contribution in [1.82, 2.24) is 20.1 Å². The van der Waals surface area contributed by atoms with E-state index in [0.29, 0.717) is 27.7 Å². The van der Waals surface area contributed by atoms with Gasteiger partial charge in [0.2, 0.25) is 5.91 Å². The first-order valence-corrected chi connectivity index (χ1v) is 14.6. The molecule has 1 aromatic carbocycles. The van der Waals surface area contributed by atoms with E-state index in [1.165, 1.54) is 36.2 Å². The van der Waals surface area contributed by atoms with E-state index in [-0.39, 0.29) is 44.8 Å². The number of rotatable bonds is 9. The van der Waals surface area contributed by atoms with Crippen LogP contribution in [0.25, 0.3) is 0 Å². The number of aliphatic imine (C=N–C) groups is 1. The molecule has 42 heavy (non-hydrogen) atoms. The number of carbonyl (C=O) groups excluding carboxylic acids is 2. The monoisotopic (exact) mass is 601 g/mol. The van der Waals surface area contributed by atoms with Gasteiger partial charge in [-0.3, -0.25) is 19.5 Å². The number of hydrogen-bond acceptors (Lipinski definition) is 9. The van der Waals surface area contributed by atoms with Crippen molar-refractivity contribution in [3.05, 3.63) is 63.0 Å². The summed E-state index contributed by atoms with van der Waals surface area (Å²) in [5, 5.41) is 15.1. The number of likely N-dealkylation sites (tertiary alicyclic amines) is 2. The summed E-state index contributed by atoms with van der Waals surface area (Å²) in [6.07, 6.45) is 1.68. The normalized spacial score (nSPS) is 24.5. The number of fused-ring (bicyclic) bond motifs is 1.